The number of thiazole rings is 4. The second kappa shape index (κ2) is 32.3. The molecule has 0 radical (unpaired) electrons. The lowest BCUT2D eigenvalue weighted by molar-refractivity contribution is -0.136. The minimum absolute atomic E-state index is 0.119. The average Bonchev–Trinajstić information content (AvgIpc) is 1.62. The van der Waals surface area contributed by atoms with E-state index in [1.54, 1.807) is 67.1 Å². The number of fused-ring (bicyclic) bond motifs is 4. The third-order valence-corrected chi connectivity index (χ3v) is 24.3. The molecule has 4 aliphatic rings. The highest BCUT2D eigenvalue weighted by atomic mass is 32.1. The molecular formula is C72H88N20O12S4. The van der Waals surface area contributed by atoms with Gasteiger partial charge in [-0.2, -0.15) is 0 Å². The Kier molecular flexibility index (Phi) is 22.7. The second-order valence-electron chi connectivity index (χ2n) is 28.6. The van der Waals surface area contributed by atoms with Gasteiger partial charge in [0, 0.05) is 26.2 Å². The zero-order valence-electron chi connectivity index (χ0n) is 61.9. The van der Waals surface area contributed by atoms with E-state index in [-0.39, 0.29) is 71.5 Å². The molecule has 32 nitrogen and oxygen atoms in total. The van der Waals surface area contributed by atoms with Gasteiger partial charge < -0.3 is 79.8 Å². The smallest absolute Gasteiger partial charge is 0.407 e. The number of aromatic amines is 4. The number of ether oxygens (including phenoxy) is 4. The van der Waals surface area contributed by atoms with Crippen molar-refractivity contribution in [2.45, 2.75) is 155 Å². The second-order valence-corrected chi connectivity index (χ2v) is 32.7. The molecule has 36 heteroatoms. The van der Waals surface area contributed by atoms with Crippen LogP contribution in [0.1, 0.15) is 154 Å². The minimum atomic E-state index is -0.704. The first-order valence-corrected chi connectivity index (χ1v) is 39.4. The Bertz CT molecular complexity index is 4290. The van der Waals surface area contributed by atoms with Crippen molar-refractivity contribution < 1.29 is 57.3 Å². The van der Waals surface area contributed by atoms with Crippen molar-refractivity contribution in [1.82, 2.24) is 101 Å². The maximum atomic E-state index is 13.6. The van der Waals surface area contributed by atoms with Gasteiger partial charge in [-0.15, -0.1) is 45.3 Å². The van der Waals surface area contributed by atoms with E-state index in [4.69, 9.17) is 38.9 Å². The molecule has 8 aromatic heterocycles. The van der Waals surface area contributed by atoms with Gasteiger partial charge >= 0.3 is 24.4 Å². The number of benzene rings is 2. The summed E-state index contributed by atoms with van der Waals surface area (Å²) in [4.78, 5) is 161. The lowest BCUT2D eigenvalue weighted by atomic mass is 10.0. The van der Waals surface area contributed by atoms with Crippen LogP contribution in [0.5, 0.6) is 0 Å². The number of carbonyl (C=O) groups is 8. The Hall–Kier alpha value is -10.2. The molecule has 8 atom stereocenters. The van der Waals surface area contributed by atoms with E-state index in [2.05, 4.69) is 67.2 Å². The van der Waals surface area contributed by atoms with E-state index in [9.17, 15) is 38.4 Å². The summed E-state index contributed by atoms with van der Waals surface area (Å²) >= 11 is 6.16. The number of H-pyrrole nitrogens is 4. The van der Waals surface area contributed by atoms with Gasteiger partial charge in [0.25, 0.3) is 0 Å². The molecule has 0 saturated carbocycles. The number of hydrogen-bond donors (Lipinski definition) is 8. The van der Waals surface area contributed by atoms with Crippen molar-refractivity contribution in [2.24, 2.45) is 23.7 Å². The molecule has 0 aliphatic carbocycles. The molecule has 8 amide bonds. The number of nitrogens with zero attached hydrogens (tertiary/aromatic N) is 12. The Morgan fingerprint density at radius 3 is 0.806 bits per heavy atom. The van der Waals surface area contributed by atoms with Crippen LogP contribution in [0.4, 0.5) is 19.2 Å². The third-order valence-electron chi connectivity index (χ3n) is 20.1. The Morgan fingerprint density at radius 2 is 0.583 bits per heavy atom. The summed E-state index contributed by atoms with van der Waals surface area (Å²) in [6.07, 6.45) is 10.8. The maximum absolute atomic E-state index is 13.6. The molecule has 0 bridgehead atoms. The molecule has 12 heterocycles. The summed E-state index contributed by atoms with van der Waals surface area (Å²) in [5, 5.41) is 13.9. The van der Waals surface area contributed by atoms with Crippen molar-refractivity contribution in [3.8, 4) is 42.8 Å². The van der Waals surface area contributed by atoms with Gasteiger partial charge in [0.15, 0.2) is 0 Å². The van der Waals surface area contributed by atoms with E-state index < -0.39 is 48.5 Å². The number of alkyl carbamates (subject to hydrolysis) is 4. The van der Waals surface area contributed by atoms with Crippen molar-refractivity contribution in [2.75, 3.05) is 54.6 Å². The predicted molar refractivity (Wildman–Crippen MR) is 407 cm³/mol. The van der Waals surface area contributed by atoms with E-state index in [1.165, 1.54) is 51.1 Å². The molecule has 10 aromatic rings. The van der Waals surface area contributed by atoms with Crippen LogP contribution < -0.4 is 21.3 Å². The van der Waals surface area contributed by atoms with Gasteiger partial charge in [0.1, 0.15) is 67.5 Å². The first kappa shape index (κ1) is 76.0. The van der Waals surface area contributed by atoms with Crippen LogP contribution in [0, 0.1) is 23.7 Å². The normalized spacial score (nSPS) is 18.5. The number of nitrogens with one attached hydrogen (secondary N) is 8. The van der Waals surface area contributed by atoms with E-state index in [1.807, 2.05) is 73.6 Å². The van der Waals surface area contributed by atoms with E-state index in [0.717, 1.165) is 135 Å². The first-order valence-electron chi connectivity index (χ1n) is 36.1. The summed E-state index contributed by atoms with van der Waals surface area (Å²) in [6.45, 7) is 17.4. The fourth-order valence-corrected chi connectivity index (χ4v) is 18.3. The molecule has 2 aromatic carbocycles. The van der Waals surface area contributed by atoms with Crippen LogP contribution in [0.3, 0.4) is 0 Å². The lowest BCUT2D eigenvalue weighted by Crippen LogP contribution is -2.51. The van der Waals surface area contributed by atoms with E-state index in [0.29, 0.717) is 49.5 Å². The van der Waals surface area contributed by atoms with Gasteiger partial charge in [-0.25, -0.2) is 59.0 Å². The maximum Gasteiger partial charge on any atom is 0.407 e. The first-order chi connectivity index (χ1) is 51.9. The lowest BCUT2D eigenvalue weighted by Gasteiger charge is -2.29. The van der Waals surface area contributed by atoms with Crippen LogP contribution in [0.2, 0.25) is 0 Å². The SMILES string of the molecule is COC(=O)N[C@H](C(=O)N1CCC[C@H]1c1ncc(-c2nc3cc4nc(-c5cnc([C@@H]6CCCN6C(=O)[C@@H](NC(=O)OC)C(C)C)[nH]5)sc4cc3s2)[nH]1)C(C)C.COC(=O)N[C@H](C(=O)N1CCC[C@H]1c1ncc(-c2nc3cc4sc(-c5cnc([C@@H]6CCCN6C(=O)[C@@H](NC(=O)OC)C(C)C)[nH]5)nc4cc3s2)[nH]1)C(C)C. The number of carbonyl (C=O) groups excluding carboxylic acids is 8. The molecule has 4 aliphatic heterocycles. The van der Waals surface area contributed by atoms with Gasteiger partial charge in [0.2, 0.25) is 23.6 Å². The summed E-state index contributed by atoms with van der Waals surface area (Å²) in [5.74, 6) is 1.63. The standard InChI is InChI=1S/2C36H44N10O6S2/c1-17(2)27(43-35(49)51-5)33(47)45-11-7-9-23(45)29-37-15-21(39-29)31-41-19-13-26-20(14-25(19)53-31)42-32(54-26)22-16-38-30(40-22)24-10-8-12-46(24)34(48)28(18(3)4)44-36(50)52-6;1-17(2)27(43-35(49)51-5)33(47)45-11-7-9-23(45)29-37-15-21(39-29)31-41-19-13-20-26(14-25(19)53-31)54-32(42-20)22-16-38-30(40-22)24-10-8-12-46(24)34(48)28(18(3)4)44-36(50)52-6/h2*13-18,23-24,27-28H,7-12H2,1-6H3,(H,37,39)(H,38,40)(H,43,49)(H,44,50)/t2*23-,24-,27-,28-/m00/s1. The van der Waals surface area contributed by atoms with Crippen LogP contribution in [0.25, 0.3) is 83.7 Å². The summed E-state index contributed by atoms with van der Waals surface area (Å²) in [5.41, 5.74) is 6.36. The van der Waals surface area contributed by atoms with Crippen molar-refractivity contribution in [3.63, 3.8) is 0 Å². The molecule has 0 spiro atoms. The zero-order valence-corrected chi connectivity index (χ0v) is 65.2. The van der Waals surface area contributed by atoms with Crippen molar-refractivity contribution in [3.05, 3.63) is 72.4 Å². The highest BCUT2D eigenvalue weighted by Gasteiger charge is 2.42. The van der Waals surface area contributed by atoms with Crippen molar-refractivity contribution in [1.29, 1.82) is 0 Å². The molecule has 14 rings (SSSR count). The Balaban J connectivity index is 0.000000190. The zero-order chi connectivity index (χ0) is 76.5. The largest absolute Gasteiger partial charge is 0.453 e. The number of aromatic nitrogens is 12. The van der Waals surface area contributed by atoms with Gasteiger partial charge in [-0.3, -0.25) is 19.2 Å². The topological polar surface area (TPSA) is 401 Å². The van der Waals surface area contributed by atoms with Crippen molar-refractivity contribution >= 4 is 134 Å². The molecule has 572 valence electrons. The van der Waals surface area contributed by atoms with Crippen LogP contribution >= 0.6 is 45.3 Å². The Labute approximate surface area is 637 Å². The highest BCUT2D eigenvalue weighted by molar-refractivity contribution is 7.24. The van der Waals surface area contributed by atoms with Crippen LogP contribution in [-0.2, 0) is 38.1 Å². The number of likely N-dealkylation sites (tertiary alicyclic amines) is 4. The average molecular weight is 1550 g/mol. The third kappa shape index (κ3) is 15.8. The summed E-state index contributed by atoms with van der Waals surface area (Å²) in [7, 11) is 5.13. The summed E-state index contributed by atoms with van der Waals surface area (Å²) < 4.78 is 23.0. The molecule has 4 saturated heterocycles. The monoisotopic (exact) mass is 1550 g/mol. The fraction of sp³-hybridized carbons (Fsp3) is 0.500. The van der Waals surface area contributed by atoms with Crippen LogP contribution in [0.15, 0.2) is 49.1 Å². The highest BCUT2D eigenvalue weighted by Crippen LogP contribution is 2.43. The van der Waals surface area contributed by atoms with Gasteiger partial charge in [0.05, 0.1) is 141 Å². The number of imidazole rings is 4. The van der Waals surface area contributed by atoms with Gasteiger partial charge in [-0.1, -0.05) is 55.4 Å². The fourth-order valence-electron chi connectivity index (χ4n) is 14.4. The molecule has 0 unspecified atom stereocenters. The number of rotatable bonds is 20. The molecule has 8 N–H and O–H groups in total. The summed E-state index contributed by atoms with van der Waals surface area (Å²) in [6, 6.07) is 4.37. The predicted octanol–water partition coefficient (Wildman–Crippen LogP) is 11.5. The van der Waals surface area contributed by atoms with Crippen LogP contribution in [-0.4, -0.2) is 206 Å². The number of hydrogen-bond acceptors (Lipinski definition) is 24. The van der Waals surface area contributed by atoms with Gasteiger partial charge in [-0.05, 0) is 99.3 Å². The molecular weight excluding hydrogens is 1470 g/mol. The minimum Gasteiger partial charge on any atom is -0.453 e. The Morgan fingerprint density at radius 1 is 0.361 bits per heavy atom. The quantitative estimate of drug-likeness (QED) is 0.0329. The number of methoxy groups -OCH3 is 4. The molecule has 108 heavy (non-hydrogen) atoms. The molecule has 4 fully saturated rings. The van der Waals surface area contributed by atoms with E-state index >= 15 is 0 Å². The number of amides is 8.